The van der Waals surface area contributed by atoms with Gasteiger partial charge in [0.2, 0.25) is 6.43 Å². The van der Waals surface area contributed by atoms with Crippen molar-refractivity contribution in [1.29, 1.82) is 0 Å². The lowest BCUT2D eigenvalue weighted by Gasteiger charge is -2.20. The zero-order valence-electron chi connectivity index (χ0n) is 6.30. The fraction of sp³-hybridized carbons (Fsp3) is 1.00. The molecule has 12 heavy (non-hydrogen) atoms. The molecule has 0 fully saturated rings. The molecule has 0 saturated heterocycles. The van der Waals surface area contributed by atoms with Crippen LogP contribution in [0.1, 0.15) is 6.42 Å². The lowest BCUT2D eigenvalue weighted by molar-refractivity contribution is 0.0526. The standard InChI is InChI=1S/C5H11F3N2.2ClH/c6-4(7)1-5(8,2-9)3-10;;/h4H,1-3,9-10H2;2*1H. The SMILES string of the molecule is Cl.Cl.NCC(F)(CN)CC(F)F. The van der Waals surface area contributed by atoms with E-state index in [-0.39, 0.29) is 24.8 Å². The van der Waals surface area contributed by atoms with Crippen LogP contribution >= 0.6 is 24.8 Å². The molecule has 0 unspecified atom stereocenters. The van der Waals surface area contributed by atoms with Gasteiger partial charge in [-0.15, -0.1) is 24.8 Å². The summed E-state index contributed by atoms with van der Waals surface area (Å²) in [7, 11) is 0. The summed E-state index contributed by atoms with van der Waals surface area (Å²) in [6.07, 6.45) is -3.56. The Morgan fingerprint density at radius 1 is 1.08 bits per heavy atom. The van der Waals surface area contributed by atoms with Gasteiger partial charge in [-0.05, 0) is 0 Å². The fourth-order valence-electron chi connectivity index (χ4n) is 0.527. The summed E-state index contributed by atoms with van der Waals surface area (Å²) in [5, 5.41) is 0. The third kappa shape index (κ3) is 6.97. The van der Waals surface area contributed by atoms with Crippen molar-refractivity contribution in [2.24, 2.45) is 11.5 Å². The third-order valence-electron chi connectivity index (χ3n) is 1.25. The third-order valence-corrected chi connectivity index (χ3v) is 1.25. The quantitative estimate of drug-likeness (QED) is 0.758. The van der Waals surface area contributed by atoms with Gasteiger partial charge >= 0.3 is 0 Å². The van der Waals surface area contributed by atoms with E-state index in [0.717, 1.165) is 0 Å². The van der Waals surface area contributed by atoms with E-state index in [1.54, 1.807) is 0 Å². The molecule has 0 radical (unpaired) electrons. The molecule has 0 aliphatic heterocycles. The first kappa shape index (κ1) is 18.2. The maximum Gasteiger partial charge on any atom is 0.241 e. The van der Waals surface area contributed by atoms with E-state index in [0.29, 0.717) is 0 Å². The average molecular weight is 229 g/mol. The van der Waals surface area contributed by atoms with Crippen molar-refractivity contribution in [2.75, 3.05) is 13.1 Å². The van der Waals surface area contributed by atoms with Gasteiger partial charge in [0.25, 0.3) is 0 Å². The van der Waals surface area contributed by atoms with Gasteiger partial charge in [-0.2, -0.15) is 0 Å². The van der Waals surface area contributed by atoms with Crippen molar-refractivity contribution in [2.45, 2.75) is 18.5 Å². The Kier molecular flexibility index (Phi) is 12.0. The molecule has 4 N–H and O–H groups in total. The molecule has 0 aromatic rings. The molecule has 0 heterocycles. The molecule has 0 atom stereocenters. The van der Waals surface area contributed by atoms with Gasteiger partial charge in [-0.3, -0.25) is 0 Å². The molecule has 0 rings (SSSR count). The maximum absolute atomic E-state index is 12.8. The molecule has 0 amide bonds. The lowest BCUT2D eigenvalue weighted by Crippen LogP contribution is -2.42. The summed E-state index contributed by atoms with van der Waals surface area (Å²) >= 11 is 0. The molecular weight excluding hydrogens is 216 g/mol. The monoisotopic (exact) mass is 228 g/mol. The second kappa shape index (κ2) is 7.91. The van der Waals surface area contributed by atoms with Crippen LogP contribution in [0, 0.1) is 0 Å². The number of hydrogen-bond acceptors (Lipinski definition) is 2. The number of nitrogens with two attached hydrogens (primary N) is 2. The van der Waals surface area contributed by atoms with Crippen LogP contribution in [0.15, 0.2) is 0 Å². The molecule has 0 aromatic carbocycles. The van der Waals surface area contributed by atoms with Gasteiger partial charge in [0.05, 0.1) is 0 Å². The Hall–Kier alpha value is 0.290. The van der Waals surface area contributed by atoms with E-state index >= 15 is 0 Å². The van der Waals surface area contributed by atoms with Crippen LogP contribution in [0.5, 0.6) is 0 Å². The van der Waals surface area contributed by atoms with E-state index in [1.807, 2.05) is 0 Å². The first-order valence-corrected chi connectivity index (χ1v) is 2.91. The molecule has 0 bridgehead atoms. The number of hydrogen-bond donors (Lipinski definition) is 2. The van der Waals surface area contributed by atoms with E-state index in [4.69, 9.17) is 11.5 Å². The zero-order valence-corrected chi connectivity index (χ0v) is 7.94. The summed E-state index contributed by atoms with van der Waals surface area (Å²) in [4.78, 5) is 0. The highest BCUT2D eigenvalue weighted by atomic mass is 35.5. The molecule has 0 spiro atoms. The van der Waals surface area contributed by atoms with Crippen molar-refractivity contribution in [3.63, 3.8) is 0 Å². The molecule has 0 aromatic heterocycles. The molecule has 2 nitrogen and oxygen atoms in total. The largest absolute Gasteiger partial charge is 0.327 e. The van der Waals surface area contributed by atoms with Crippen LogP contribution in [-0.4, -0.2) is 25.2 Å². The molecule has 78 valence electrons. The second-order valence-corrected chi connectivity index (χ2v) is 2.15. The predicted octanol–water partition coefficient (Wildman–Crippen LogP) is 1.11. The maximum atomic E-state index is 12.8. The summed E-state index contributed by atoms with van der Waals surface area (Å²) in [5.41, 5.74) is 7.67. The van der Waals surface area contributed by atoms with Crippen LogP contribution in [0.25, 0.3) is 0 Å². The van der Waals surface area contributed by atoms with Gasteiger partial charge in [0.15, 0.2) is 0 Å². The van der Waals surface area contributed by atoms with Crippen LogP contribution in [0.3, 0.4) is 0 Å². The van der Waals surface area contributed by atoms with Crippen molar-refractivity contribution in [3.8, 4) is 0 Å². The molecule has 0 saturated carbocycles. The fourth-order valence-corrected chi connectivity index (χ4v) is 0.527. The smallest absolute Gasteiger partial charge is 0.241 e. The van der Waals surface area contributed by atoms with E-state index in [2.05, 4.69) is 0 Å². The van der Waals surface area contributed by atoms with Gasteiger partial charge in [-0.1, -0.05) is 0 Å². The van der Waals surface area contributed by atoms with Gasteiger partial charge in [0.1, 0.15) is 5.67 Å². The molecular formula is C5H13Cl2F3N2. The van der Waals surface area contributed by atoms with Crippen molar-refractivity contribution in [1.82, 2.24) is 0 Å². The number of alkyl halides is 3. The van der Waals surface area contributed by atoms with Crippen LogP contribution in [0.4, 0.5) is 13.2 Å². The highest BCUT2D eigenvalue weighted by Gasteiger charge is 2.30. The van der Waals surface area contributed by atoms with Gasteiger partial charge in [-0.25, -0.2) is 13.2 Å². The van der Waals surface area contributed by atoms with E-state index in [1.165, 1.54) is 0 Å². The minimum atomic E-state index is -2.68. The van der Waals surface area contributed by atoms with E-state index in [9.17, 15) is 13.2 Å². The van der Waals surface area contributed by atoms with Gasteiger partial charge < -0.3 is 11.5 Å². The molecule has 0 aliphatic carbocycles. The van der Waals surface area contributed by atoms with Crippen LogP contribution in [0.2, 0.25) is 0 Å². The Bertz CT molecular complexity index is 101. The summed E-state index contributed by atoms with van der Waals surface area (Å²) in [6, 6.07) is 0. The Labute approximate surface area is 81.7 Å². The number of halogens is 5. The first-order valence-electron chi connectivity index (χ1n) is 2.91. The lowest BCUT2D eigenvalue weighted by atomic mass is 10.0. The van der Waals surface area contributed by atoms with Crippen molar-refractivity contribution >= 4 is 24.8 Å². The van der Waals surface area contributed by atoms with Crippen LogP contribution < -0.4 is 11.5 Å². The minimum Gasteiger partial charge on any atom is -0.327 e. The minimum absolute atomic E-state index is 0. The molecule has 0 aliphatic rings. The van der Waals surface area contributed by atoms with Crippen LogP contribution in [-0.2, 0) is 0 Å². The first-order chi connectivity index (χ1) is 4.54. The Balaban J connectivity index is -0.000000405. The number of rotatable bonds is 4. The Morgan fingerprint density at radius 2 is 1.42 bits per heavy atom. The second-order valence-electron chi connectivity index (χ2n) is 2.15. The van der Waals surface area contributed by atoms with Crippen molar-refractivity contribution < 1.29 is 13.2 Å². The van der Waals surface area contributed by atoms with E-state index < -0.39 is 31.6 Å². The Morgan fingerprint density at radius 3 is 1.50 bits per heavy atom. The highest BCUT2D eigenvalue weighted by Crippen LogP contribution is 2.17. The highest BCUT2D eigenvalue weighted by molar-refractivity contribution is 5.85. The topological polar surface area (TPSA) is 52.0 Å². The molecule has 7 heteroatoms. The van der Waals surface area contributed by atoms with Gasteiger partial charge in [0, 0.05) is 19.5 Å². The summed E-state index contributed by atoms with van der Waals surface area (Å²) in [5.74, 6) is 0. The van der Waals surface area contributed by atoms with Crippen molar-refractivity contribution in [3.05, 3.63) is 0 Å². The predicted molar refractivity (Wildman–Crippen MR) is 47.1 cm³/mol. The summed E-state index contributed by atoms with van der Waals surface area (Å²) in [6.45, 7) is -0.901. The summed E-state index contributed by atoms with van der Waals surface area (Å²) < 4.78 is 35.9. The normalized spacial score (nSPS) is 10.5. The zero-order chi connectivity index (χ0) is 8.20. The average Bonchev–Trinajstić information content (AvgIpc) is 1.87.